The van der Waals surface area contributed by atoms with E-state index < -0.39 is 24.0 Å². The van der Waals surface area contributed by atoms with E-state index in [0.717, 1.165) is 27.8 Å². The highest BCUT2D eigenvalue weighted by molar-refractivity contribution is 5.84. The van der Waals surface area contributed by atoms with E-state index in [1.54, 1.807) is 48.9 Å². The molecule has 2 aromatic heterocycles. The second kappa shape index (κ2) is 11.0. The predicted molar refractivity (Wildman–Crippen MR) is 142 cm³/mol. The van der Waals surface area contributed by atoms with Crippen LogP contribution in [-0.4, -0.2) is 26.5 Å². The van der Waals surface area contributed by atoms with Crippen LogP contribution in [-0.2, 0) is 9.59 Å². The zero-order chi connectivity index (χ0) is 26.5. The van der Waals surface area contributed by atoms with Crippen molar-refractivity contribution in [3.05, 3.63) is 123 Å². The molecule has 7 nitrogen and oxygen atoms in total. The summed E-state index contributed by atoms with van der Waals surface area (Å²) in [4.78, 5) is 42.7. The minimum atomic E-state index is -1.06. The lowest BCUT2D eigenvalue weighted by molar-refractivity contribution is -0.137. The van der Waals surface area contributed by atoms with Crippen LogP contribution in [0.25, 0.3) is 11.1 Å². The quantitative estimate of drug-likeness (QED) is 0.367. The van der Waals surface area contributed by atoms with Crippen molar-refractivity contribution in [2.75, 3.05) is 0 Å². The highest BCUT2D eigenvalue weighted by atomic mass is 16.4. The molecule has 2 aromatic carbocycles. The molecule has 0 fully saturated rings. The number of hydrogen-bond donors (Lipinski definition) is 2. The molecule has 0 saturated heterocycles. The van der Waals surface area contributed by atoms with E-state index in [2.05, 4.69) is 10.3 Å². The molecule has 7 heteroatoms. The zero-order valence-electron chi connectivity index (χ0n) is 21.0. The molecule has 0 bridgehead atoms. The van der Waals surface area contributed by atoms with Gasteiger partial charge < -0.3 is 10.4 Å². The van der Waals surface area contributed by atoms with E-state index in [-0.39, 0.29) is 12.0 Å². The third-order valence-corrected chi connectivity index (χ3v) is 6.35. The second-order valence-electron chi connectivity index (χ2n) is 9.20. The summed E-state index contributed by atoms with van der Waals surface area (Å²) in [6.07, 6.45) is 4.60. The predicted octanol–water partition coefficient (Wildman–Crippen LogP) is 4.76. The van der Waals surface area contributed by atoms with E-state index in [1.807, 2.05) is 51.1 Å². The number of aliphatic carboxylic acids is 1. The lowest BCUT2D eigenvalue weighted by Crippen LogP contribution is -2.40. The number of benzene rings is 2. The summed E-state index contributed by atoms with van der Waals surface area (Å²) in [7, 11) is 0. The largest absolute Gasteiger partial charge is 0.481 e. The van der Waals surface area contributed by atoms with Crippen LogP contribution in [0.2, 0.25) is 0 Å². The molecule has 37 heavy (non-hydrogen) atoms. The van der Waals surface area contributed by atoms with Crippen LogP contribution >= 0.6 is 0 Å². The highest BCUT2D eigenvalue weighted by Crippen LogP contribution is 2.29. The van der Waals surface area contributed by atoms with Gasteiger partial charge in [0.2, 0.25) is 5.91 Å². The summed E-state index contributed by atoms with van der Waals surface area (Å²) in [6.45, 7) is 5.86. The van der Waals surface area contributed by atoms with Gasteiger partial charge in [-0.3, -0.25) is 23.9 Å². The molecule has 0 unspecified atom stereocenters. The molecule has 4 rings (SSSR count). The van der Waals surface area contributed by atoms with E-state index >= 15 is 0 Å². The normalized spacial score (nSPS) is 12.5. The second-order valence-corrected chi connectivity index (χ2v) is 9.20. The molecule has 2 N–H and O–H groups in total. The Morgan fingerprint density at radius 3 is 2.30 bits per heavy atom. The lowest BCUT2D eigenvalue weighted by Gasteiger charge is -2.24. The molecule has 0 aliphatic rings. The third kappa shape index (κ3) is 5.83. The van der Waals surface area contributed by atoms with Crippen molar-refractivity contribution in [1.82, 2.24) is 14.9 Å². The molecule has 2 heterocycles. The summed E-state index contributed by atoms with van der Waals surface area (Å²) in [6, 6.07) is 18.1. The maximum absolute atomic E-state index is 13.8. The number of aromatic nitrogens is 2. The Labute approximate surface area is 215 Å². The van der Waals surface area contributed by atoms with Gasteiger partial charge in [0.15, 0.2) is 0 Å². The molecule has 0 radical (unpaired) electrons. The van der Waals surface area contributed by atoms with E-state index in [0.29, 0.717) is 11.1 Å². The fourth-order valence-corrected chi connectivity index (χ4v) is 4.62. The number of hydrogen-bond acceptors (Lipinski definition) is 4. The first-order chi connectivity index (χ1) is 17.7. The van der Waals surface area contributed by atoms with Crippen molar-refractivity contribution in [3.63, 3.8) is 0 Å². The van der Waals surface area contributed by atoms with Crippen LogP contribution in [0.4, 0.5) is 0 Å². The van der Waals surface area contributed by atoms with Crippen LogP contribution < -0.4 is 10.9 Å². The van der Waals surface area contributed by atoms with Crippen LogP contribution in [0, 0.1) is 20.8 Å². The number of rotatable bonds is 8. The Bertz CT molecular complexity index is 1470. The third-order valence-electron chi connectivity index (χ3n) is 6.35. The number of carbonyl (C=O) groups is 2. The minimum Gasteiger partial charge on any atom is -0.481 e. The van der Waals surface area contributed by atoms with Gasteiger partial charge in [-0.1, -0.05) is 54.6 Å². The molecule has 0 aliphatic carbocycles. The first-order valence-corrected chi connectivity index (χ1v) is 12.0. The number of carboxylic acids is 1. The van der Waals surface area contributed by atoms with E-state index in [9.17, 15) is 19.5 Å². The van der Waals surface area contributed by atoms with Gasteiger partial charge >= 0.3 is 5.97 Å². The number of carboxylic acid groups (broad SMARTS) is 1. The SMILES string of the molecule is Cc1ccc(=O)n([C@H](C(=O)N[C@@H](CC(=O)O)c2cncc(-c3c(C)cccc3C)c2)c2ccccc2)c1. The standard InChI is InChI=1S/C30H29N3O4/c1-19-12-13-26(34)33(18-19)29(22-10-5-4-6-11-22)30(37)32-25(15-27(35)36)23-14-24(17-31-16-23)28-20(2)8-7-9-21(28)3/h4-14,16-18,25,29H,15H2,1-3H3,(H,32,37)(H,35,36)/t25-,29-/m0/s1. The molecular formula is C30H29N3O4. The smallest absolute Gasteiger partial charge is 0.305 e. The minimum absolute atomic E-state index is 0.330. The maximum atomic E-state index is 13.8. The zero-order valence-corrected chi connectivity index (χ0v) is 21.0. The Morgan fingerprint density at radius 1 is 0.919 bits per heavy atom. The average molecular weight is 496 g/mol. The summed E-state index contributed by atoms with van der Waals surface area (Å²) < 4.78 is 1.38. The van der Waals surface area contributed by atoms with Crippen molar-refractivity contribution < 1.29 is 14.7 Å². The molecule has 2 atom stereocenters. The van der Waals surface area contributed by atoms with Gasteiger partial charge in [0.05, 0.1) is 12.5 Å². The van der Waals surface area contributed by atoms with Crippen molar-refractivity contribution >= 4 is 11.9 Å². The highest BCUT2D eigenvalue weighted by Gasteiger charge is 2.28. The van der Waals surface area contributed by atoms with Gasteiger partial charge in [-0.15, -0.1) is 0 Å². The van der Waals surface area contributed by atoms with Crippen molar-refractivity contribution in [2.45, 2.75) is 39.3 Å². The maximum Gasteiger partial charge on any atom is 0.305 e. The summed E-state index contributed by atoms with van der Waals surface area (Å²) in [5, 5.41) is 12.6. The molecular weight excluding hydrogens is 466 g/mol. The first kappa shape index (κ1) is 25.6. The van der Waals surface area contributed by atoms with Crippen LogP contribution in [0.15, 0.2) is 90.1 Å². The topological polar surface area (TPSA) is 101 Å². The van der Waals surface area contributed by atoms with Gasteiger partial charge in [0, 0.05) is 30.2 Å². The summed E-state index contributed by atoms with van der Waals surface area (Å²) in [5.74, 6) is -1.55. The van der Waals surface area contributed by atoms with Gasteiger partial charge in [-0.25, -0.2) is 0 Å². The average Bonchev–Trinajstić information content (AvgIpc) is 2.86. The van der Waals surface area contributed by atoms with Crippen molar-refractivity contribution in [3.8, 4) is 11.1 Å². The first-order valence-electron chi connectivity index (χ1n) is 12.0. The van der Waals surface area contributed by atoms with Gasteiger partial charge in [-0.05, 0) is 60.2 Å². The van der Waals surface area contributed by atoms with Crippen LogP contribution in [0.5, 0.6) is 0 Å². The Balaban J connectivity index is 1.75. The molecule has 188 valence electrons. The van der Waals surface area contributed by atoms with Crippen molar-refractivity contribution in [2.24, 2.45) is 0 Å². The number of carbonyl (C=O) groups excluding carboxylic acids is 1. The monoisotopic (exact) mass is 495 g/mol. The van der Waals surface area contributed by atoms with Crippen LogP contribution in [0.3, 0.4) is 0 Å². The van der Waals surface area contributed by atoms with Gasteiger partial charge in [0.25, 0.3) is 5.56 Å². The van der Waals surface area contributed by atoms with Crippen LogP contribution in [0.1, 0.15) is 46.3 Å². The number of pyridine rings is 2. The molecule has 0 spiro atoms. The molecule has 0 saturated carbocycles. The molecule has 4 aromatic rings. The molecule has 0 aliphatic heterocycles. The summed E-state index contributed by atoms with van der Waals surface area (Å²) >= 11 is 0. The molecule has 1 amide bonds. The van der Waals surface area contributed by atoms with Gasteiger partial charge in [-0.2, -0.15) is 0 Å². The number of aryl methyl sites for hydroxylation is 3. The fraction of sp³-hybridized carbons (Fsp3) is 0.200. The Morgan fingerprint density at radius 2 is 1.62 bits per heavy atom. The van der Waals surface area contributed by atoms with E-state index in [4.69, 9.17) is 0 Å². The Kier molecular flexibility index (Phi) is 7.63. The number of nitrogens with one attached hydrogen (secondary N) is 1. The number of nitrogens with zero attached hydrogens (tertiary/aromatic N) is 2. The fourth-order valence-electron chi connectivity index (χ4n) is 4.62. The van der Waals surface area contributed by atoms with Gasteiger partial charge in [0.1, 0.15) is 6.04 Å². The summed E-state index contributed by atoms with van der Waals surface area (Å²) in [5.41, 5.74) is 5.67. The lowest BCUT2D eigenvalue weighted by atomic mass is 9.94. The van der Waals surface area contributed by atoms with Crippen molar-refractivity contribution in [1.29, 1.82) is 0 Å². The Hall–Kier alpha value is -4.52. The number of amides is 1. The van der Waals surface area contributed by atoms with E-state index in [1.165, 1.54) is 10.6 Å².